The number of ether oxygens (including phenoxy) is 1. The van der Waals surface area contributed by atoms with Crippen LogP contribution in [0.4, 0.5) is 5.82 Å². The molecule has 0 saturated carbocycles. The van der Waals surface area contributed by atoms with Crippen molar-refractivity contribution < 1.29 is 9.53 Å². The summed E-state index contributed by atoms with van der Waals surface area (Å²) in [6.07, 6.45) is 1.65. The van der Waals surface area contributed by atoms with E-state index in [4.69, 9.17) is 10.5 Å². The maximum atomic E-state index is 12.9. The summed E-state index contributed by atoms with van der Waals surface area (Å²) in [6.45, 7) is 4.34. The van der Waals surface area contributed by atoms with Crippen LogP contribution in [0.1, 0.15) is 35.5 Å². The van der Waals surface area contributed by atoms with Crippen LogP contribution in [0.5, 0.6) is 5.88 Å². The van der Waals surface area contributed by atoms with E-state index in [1.807, 2.05) is 19.9 Å². The van der Waals surface area contributed by atoms with E-state index in [1.165, 1.54) is 7.11 Å². The van der Waals surface area contributed by atoms with Gasteiger partial charge in [-0.1, -0.05) is 6.07 Å². The number of hydrogen-bond acceptors (Lipinski definition) is 7. The van der Waals surface area contributed by atoms with Gasteiger partial charge in [-0.15, -0.1) is 0 Å². The zero-order chi connectivity index (χ0) is 21.4. The fourth-order valence-electron chi connectivity index (χ4n) is 3.53. The topological polar surface area (TPSA) is 118 Å². The predicted octanol–water partition coefficient (Wildman–Crippen LogP) is 3.03. The van der Waals surface area contributed by atoms with Gasteiger partial charge < -0.3 is 15.4 Å². The largest absolute Gasteiger partial charge is 0.481 e. The second-order valence-corrected chi connectivity index (χ2v) is 7.21. The van der Waals surface area contributed by atoms with E-state index < -0.39 is 0 Å². The van der Waals surface area contributed by atoms with Crippen molar-refractivity contribution in [2.45, 2.75) is 26.4 Å². The Balaban J connectivity index is 1.94. The van der Waals surface area contributed by atoms with E-state index in [1.54, 1.807) is 35.4 Å². The number of rotatable bonds is 4. The highest BCUT2D eigenvalue weighted by molar-refractivity contribution is 6.00. The molecule has 1 aliphatic rings. The number of aromatic nitrogens is 3. The molecule has 0 fully saturated rings. The number of nitrogens with zero attached hydrogens (tertiary/aromatic N) is 5. The smallest absolute Gasteiger partial charge is 0.256 e. The molecule has 1 aliphatic heterocycles. The fraction of sp³-hybridized carbons (Fsp3) is 0.227. The molecule has 0 saturated heterocycles. The van der Waals surface area contributed by atoms with Crippen molar-refractivity contribution in [1.82, 2.24) is 19.9 Å². The zero-order valence-corrected chi connectivity index (χ0v) is 16.9. The molecule has 0 unspecified atom stereocenters. The van der Waals surface area contributed by atoms with Gasteiger partial charge in [0, 0.05) is 23.4 Å². The molecular weight excluding hydrogens is 380 g/mol. The SMILES string of the molecule is COc1nc2c(cc1-c1cc(-c3ccccn3)nc(N)c1C#N)C(=O)N(C(C)C)C2. The number of nitrogens with two attached hydrogens (primary N) is 1. The third-order valence-electron chi connectivity index (χ3n) is 5.07. The molecule has 2 N–H and O–H groups in total. The quantitative estimate of drug-likeness (QED) is 0.715. The van der Waals surface area contributed by atoms with E-state index in [2.05, 4.69) is 21.0 Å². The van der Waals surface area contributed by atoms with Gasteiger partial charge in [-0.05, 0) is 38.1 Å². The van der Waals surface area contributed by atoms with Crippen LogP contribution >= 0.6 is 0 Å². The van der Waals surface area contributed by atoms with E-state index in [0.717, 1.165) is 0 Å². The molecule has 30 heavy (non-hydrogen) atoms. The Labute approximate surface area is 174 Å². The number of pyridine rings is 3. The highest BCUT2D eigenvalue weighted by Crippen LogP contribution is 2.38. The molecule has 150 valence electrons. The Bertz CT molecular complexity index is 1180. The molecule has 3 aromatic rings. The second-order valence-electron chi connectivity index (χ2n) is 7.21. The van der Waals surface area contributed by atoms with Crippen molar-refractivity contribution in [3.8, 4) is 34.5 Å². The number of nitrogen functional groups attached to an aromatic ring is 1. The molecule has 0 bridgehead atoms. The minimum absolute atomic E-state index is 0.0446. The van der Waals surface area contributed by atoms with Crippen molar-refractivity contribution in [2.75, 3.05) is 12.8 Å². The average Bonchev–Trinajstić information content (AvgIpc) is 3.08. The molecule has 4 heterocycles. The molecule has 0 spiro atoms. The van der Waals surface area contributed by atoms with Gasteiger partial charge in [0.2, 0.25) is 5.88 Å². The van der Waals surface area contributed by atoms with Crippen LogP contribution in [0.2, 0.25) is 0 Å². The monoisotopic (exact) mass is 400 g/mol. The van der Waals surface area contributed by atoms with Crippen LogP contribution in [0, 0.1) is 11.3 Å². The molecule has 0 radical (unpaired) electrons. The van der Waals surface area contributed by atoms with Crippen molar-refractivity contribution >= 4 is 11.7 Å². The van der Waals surface area contributed by atoms with Crippen molar-refractivity contribution in [3.05, 3.63) is 53.3 Å². The summed E-state index contributed by atoms with van der Waals surface area (Å²) in [4.78, 5) is 27.8. The third kappa shape index (κ3) is 3.10. The Morgan fingerprint density at radius 1 is 1.17 bits per heavy atom. The highest BCUT2D eigenvalue weighted by Gasteiger charge is 2.32. The van der Waals surface area contributed by atoms with E-state index in [0.29, 0.717) is 46.2 Å². The molecule has 8 nitrogen and oxygen atoms in total. The molecule has 0 aromatic carbocycles. The second kappa shape index (κ2) is 7.44. The number of fused-ring (bicyclic) bond motifs is 1. The highest BCUT2D eigenvalue weighted by atomic mass is 16.5. The predicted molar refractivity (Wildman–Crippen MR) is 111 cm³/mol. The van der Waals surface area contributed by atoms with Gasteiger partial charge in [0.1, 0.15) is 17.5 Å². The normalized spacial score (nSPS) is 12.8. The Morgan fingerprint density at radius 2 is 1.97 bits per heavy atom. The van der Waals surface area contributed by atoms with E-state index >= 15 is 0 Å². The molecule has 1 amide bonds. The van der Waals surface area contributed by atoms with Gasteiger partial charge in [0.25, 0.3) is 5.91 Å². The first kappa shape index (κ1) is 19.3. The summed E-state index contributed by atoms with van der Waals surface area (Å²) >= 11 is 0. The fourth-order valence-corrected chi connectivity index (χ4v) is 3.53. The summed E-state index contributed by atoms with van der Waals surface area (Å²) in [6, 6.07) is 11.1. The molecule has 4 rings (SSSR count). The molecule has 0 aliphatic carbocycles. The number of methoxy groups -OCH3 is 1. The van der Waals surface area contributed by atoms with Crippen LogP contribution in [-0.2, 0) is 6.54 Å². The van der Waals surface area contributed by atoms with Gasteiger partial charge in [-0.3, -0.25) is 9.78 Å². The molecule has 0 atom stereocenters. The van der Waals surface area contributed by atoms with Gasteiger partial charge in [-0.2, -0.15) is 5.26 Å². The summed E-state index contributed by atoms with van der Waals surface area (Å²) < 4.78 is 5.51. The Morgan fingerprint density at radius 3 is 2.60 bits per heavy atom. The minimum Gasteiger partial charge on any atom is -0.481 e. The number of anilines is 1. The van der Waals surface area contributed by atoms with Gasteiger partial charge in [0.05, 0.1) is 36.3 Å². The van der Waals surface area contributed by atoms with Gasteiger partial charge >= 0.3 is 0 Å². The van der Waals surface area contributed by atoms with Crippen LogP contribution < -0.4 is 10.5 Å². The molecule has 3 aromatic heterocycles. The van der Waals surface area contributed by atoms with Crippen LogP contribution in [0.3, 0.4) is 0 Å². The first-order chi connectivity index (χ1) is 14.4. The number of hydrogen-bond donors (Lipinski definition) is 1. The minimum atomic E-state index is -0.0955. The van der Waals surface area contributed by atoms with E-state index in [9.17, 15) is 10.1 Å². The number of carbonyl (C=O) groups excluding carboxylic acids is 1. The third-order valence-corrected chi connectivity index (χ3v) is 5.07. The number of carbonyl (C=O) groups is 1. The standard InChI is InChI=1S/C22H20N6O2/c1-12(2)28-11-19-15(22(28)29)8-14(21(27-19)30-3)13-9-18(17-6-4-5-7-25-17)26-20(24)16(13)10-23/h4-9,12H,11H2,1-3H3,(H2,24,26). The first-order valence-electron chi connectivity index (χ1n) is 9.45. The lowest BCUT2D eigenvalue weighted by atomic mass is 9.98. The zero-order valence-electron chi connectivity index (χ0n) is 16.9. The van der Waals surface area contributed by atoms with Gasteiger partial charge in [-0.25, -0.2) is 9.97 Å². The van der Waals surface area contributed by atoms with Crippen molar-refractivity contribution in [1.29, 1.82) is 5.26 Å². The van der Waals surface area contributed by atoms with Crippen molar-refractivity contribution in [2.24, 2.45) is 0 Å². The summed E-state index contributed by atoms with van der Waals surface area (Å²) in [5.74, 6) is 0.302. The summed E-state index contributed by atoms with van der Waals surface area (Å²) in [7, 11) is 1.51. The van der Waals surface area contributed by atoms with E-state index in [-0.39, 0.29) is 23.3 Å². The summed E-state index contributed by atoms with van der Waals surface area (Å²) in [5, 5.41) is 9.72. The first-order valence-corrected chi connectivity index (χ1v) is 9.45. The number of nitriles is 1. The van der Waals surface area contributed by atoms with Crippen LogP contribution in [0.25, 0.3) is 22.5 Å². The lowest BCUT2D eigenvalue weighted by molar-refractivity contribution is 0.0730. The average molecular weight is 400 g/mol. The molecular formula is C22H20N6O2. The maximum Gasteiger partial charge on any atom is 0.256 e. The lowest BCUT2D eigenvalue weighted by Crippen LogP contribution is -2.30. The van der Waals surface area contributed by atoms with Crippen LogP contribution in [-0.4, -0.2) is 38.9 Å². The van der Waals surface area contributed by atoms with Gasteiger partial charge in [0.15, 0.2) is 0 Å². The Kier molecular flexibility index (Phi) is 4.80. The van der Waals surface area contributed by atoms with Crippen LogP contribution in [0.15, 0.2) is 36.5 Å². The maximum absolute atomic E-state index is 12.9. The lowest BCUT2D eigenvalue weighted by Gasteiger charge is -2.19. The van der Waals surface area contributed by atoms with Crippen molar-refractivity contribution in [3.63, 3.8) is 0 Å². The Hall–Kier alpha value is -3.99. The number of amides is 1. The molecule has 8 heteroatoms. The summed E-state index contributed by atoms with van der Waals surface area (Å²) in [5.41, 5.74) is 9.58.